The summed E-state index contributed by atoms with van der Waals surface area (Å²) in [6, 6.07) is 0.382. The first-order valence-corrected chi connectivity index (χ1v) is 5.57. The van der Waals surface area contributed by atoms with Gasteiger partial charge < -0.3 is 5.73 Å². The van der Waals surface area contributed by atoms with E-state index in [9.17, 15) is 4.21 Å². The van der Waals surface area contributed by atoms with Gasteiger partial charge in [0.15, 0.2) is 0 Å². The largest absolute Gasteiger partial charge is 0.328 e. The predicted octanol–water partition coefficient (Wildman–Crippen LogP) is -0.00310. The normalized spacial score (nSPS) is 34.0. The zero-order chi connectivity index (χ0) is 8.27. The molecule has 3 nitrogen and oxygen atoms in total. The van der Waals surface area contributed by atoms with E-state index >= 15 is 0 Å². The first-order chi connectivity index (χ1) is 5.18. The molecule has 0 aromatic rings. The molecule has 0 radical (unpaired) electrons. The highest BCUT2D eigenvalue weighted by Gasteiger charge is 2.21. The van der Waals surface area contributed by atoms with E-state index < -0.39 is 11.0 Å². The van der Waals surface area contributed by atoms with Gasteiger partial charge in [-0.05, 0) is 25.2 Å². The maximum absolute atomic E-state index is 10.7. The van der Waals surface area contributed by atoms with Gasteiger partial charge in [0.1, 0.15) is 0 Å². The van der Waals surface area contributed by atoms with Crippen molar-refractivity contribution in [1.29, 1.82) is 0 Å². The molecular formula is C7H16N2OS. The Balaban J connectivity index is 2.13. The fourth-order valence-electron chi connectivity index (χ4n) is 1.53. The van der Waals surface area contributed by atoms with Crippen LogP contribution in [-0.4, -0.2) is 23.1 Å². The summed E-state index contributed by atoms with van der Waals surface area (Å²) >= 11 is 0. The minimum atomic E-state index is -0.864. The van der Waals surface area contributed by atoms with E-state index in [0.29, 0.717) is 12.0 Å². The molecule has 1 fully saturated rings. The van der Waals surface area contributed by atoms with Gasteiger partial charge >= 0.3 is 0 Å². The number of hydrogen-bond donors (Lipinski definition) is 2. The molecule has 3 unspecified atom stereocenters. The van der Waals surface area contributed by atoms with E-state index in [2.05, 4.69) is 4.72 Å². The Labute approximate surface area is 70.3 Å². The van der Waals surface area contributed by atoms with Crippen LogP contribution in [0.1, 0.15) is 19.3 Å². The Hall–Kier alpha value is 0.0700. The molecule has 1 aliphatic carbocycles. The molecule has 0 saturated heterocycles. The summed E-state index contributed by atoms with van der Waals surface area (Å²) in [7, 11) is -0.864. The molecule has 0 aliphatic heterocycles. The van der Waals surface area contributed by atoms with E-state index in [-0.39, 0.29) is 0 Å². The quantitative estimate of drug-likeness (QED) is 0.636. The van der Waals surface area contributed by atoms with Crippen molar-refractivity contribution in [3.63, 3.8) is 0 Å². The smallest absolute Gasteiger partial charge is 0.0883 e. The molecule has 0 bridgehead atoms. The third-order valence-electron chi connectivity index (χ3n) is 2.16. The number of nitrogens with one attached hydrogen (secondary N) is 1. The highest BCUT2D eigenvalue weighted by molar-refractivity contribution is 7.82. The average Bonchev–Trinajstić information content (AvgIpc) is 2.31. The number of rotatable bonds is 3. The standard InChI is InChI=1S/C7H16N2OS/c1-11(10)9-5-6-2-3-7(8)4-6/h6-7,9H,2-5,8H2,1H3. The highest BCUT2D eigenvalue weighted by Crippen LogP contribution is 2.22. The fraction of sp³-hybridized carbons (Fsp3) is 1.00. The predicted molar refractivity (Wildman–Crippen MR) is 47.4 cm³/mol. The van der Waals surface area contributed by atoms with Crippen LogP contribution in [0, 0.1) is 5.92 Å². The van der Waals surface area contributed by atoms with E-state index in [4.69, 9.17) is 5.73 Å². The maximum Gasteiger partial charge on any atom is 0.0883 e. The molecule has 1 rings (SSSR count). The summed E-state index contributed by atoms with van der Waals surface area (Å²) in [4.78, 5) is 0. The average molecular weight is 176 g/mol. The van der Waals surface area contributed by atoms with Crippen LogP contribution in [0.2, 0.25) is 0 Å². The lowest BCUT2D eigenvalue weighted by Crippen LogP contribution is -2.24. The molecule has 3 N–H and O–H groups in total. The van der Waals surface area contributed by atoms with Gasteiger partial charge in [0.2, 0.25) is 0 Å². The van der Waals surface area contributed by atoms with Crippen molar-refractivity contribution in [2.45, 2.75) is 25.3 Å². The lowest BCUT2D eigenvalue weighted by Gasteiger charge is -2.07. The maximum atomic E-state index is 10.7. The van der Waals surface area contributed by atoms with Crippen LogP contribution in [0.4, 0.5) is 0 Å². The molecule has 0 heterocycles. The van der Waals surface area contributed by atoms with Gasteiger partial charge in [-0.15, -0.1) is 0 Å². The monoisotopic (exact) mass is 176 g/mol. The second kappa shape index (κ2) is 4.18. The van der Waals surface area contributed by atoms with Crippen LogP contribution in [0.15, 0.2) is 0 Å². The van der Waals surface area contributed by atoms with Gasteiger partial charge in [-0.25, -0.2) is 8.93 Å². The van der Waals surface area contributed by atoms with Crippen molar-refractivity contribution in [3.8, 4) is 0 Å². The molecule has 4 heteroatoms. The van der Waals surface area contributed by atoms with E-state index in [1.165, 1.54) is 6.42 Å². The molecule has 0 aromatic carbocycles. The second-order valence-electron chi connectivity index (χ2n) is 3.24. The first kappa shape index (κ1) is 9.16. The van der Waals surface area contributed by atoms with Crippen molar-refractivity contribution in [3.05, 3.63) is 0 Å². The van der Waals surface area contributed by atoms with Crippen molar-refractivity contribution in [2.24, 2.45) is 11.7 Å². The topological polar surface area (TPSA) is 55.1 Å². The molecule has 0 spiro atoms. The van der Waals surface area contributed by atoms with Crippen molar-refractivity contribution in [1.82, 2.24) is 4.72 Å². The lowest BCUT2D eigenvalue weighted by atomic mass is 10.1. The zero-order valence-electron chi connectivity index (χ0n) is 6.88. The lowest BCUT2D eigenvalue weighted by molar-refractivity contribution is 0.529. The summed E-state index contributed by atoms with van der Waals surface area (Å²) in [5.41, 5.74) is 5.73. The third-order valence-corrected chi connectivity index (χ3v) is 2.73. The molecule has 11 heavy (non-hydrogen) atoms. The second-order valence-corrected chi connectivity index (χ2v) is 4.44. The summed E-state index contributed by atoms with van der Waals surface area (Å²) in [6.45, 7) is 0.858. The van der Waals surface area contributed by atoms with Crippen LogP contribution in [0.25, 0.3) is 0 Å². The van der Waals surface area contributed by atoms with Gasteiger partial charge in [-0.1, -0.05) is 0 Å². The SMILES string of the molecule is CS(=O)NCC1CCC(N)C1. The van der Waals surface area contributed by atoms with Crippen LogP contribution >= 0.6 is 0 Å². The molecular weight excluding hydrogens is 160 g/mol. The van der Waals surface area contributed by atoms with E-state index in [1.807, 2.05) is 0 Å². The van der Waals surface area contributed by atoms with Gasteiger partial charge in [0, 0.05) is 18.8 Å². The van der Waals surface area contributed by atoms with Crippen molar-refractivity contribution in [2.75, 3.05) is 12.8 Å². The van der Waals surface area contributed by atoms with Gasteiger partial charge in [0.05, 0.1) is 11.0 Å². The Morgan fingerprint density at radius 1 is 1.64 bits per heavy atom. The van der Waals surface area contributed by atoms with Crippen LogP contribution in [0.5, 0.6) is 0 Å². The van der Waals surface area contributed by atoms with Crippen molar-refractivity contribution < 1.29 is 4.21 Å². The minimum Gasteiger partial charge on any atom is -0.328 e. The summed E-state index contributed by atoms with van der Waals surface area (Å²) in [6.07, 6.45) is 5.06. The minimum absolute atomic E-state index is 0.382. The Bertz CT molecular complexity index is 151. The highest BCUT2D eigenvalue weighted by atomic mass is 32.2. The molecule has 1 aliphatic rings. The molecule has 1 saturated carbocycles. The summed E-state index contributed by atoms with van der Waals surface area (Å²) in [5.74, 6) is 0.647. The summed E-state index contributed by atoms with van der Waals surface area (Å²) in [5, 5.41) is 0. The molecule has 0 amide bonds. The van der Waals surface area contributed by atoms with Gasteiger partial charge in [-0.2, -0.15) is 0 Å². The van der Waals surface area contributed by atoms with Gasteiger partial charge in [0.25, 0.3) is 0 Å². The van der Waals surface area contributed by atoms with Crippen molar-refractivity contribution >= 4 is 11.0 Å². The van der Waals surface area contributed by atoms with E-state index in [0.717, 1.165) is 19.4 Å². The number of hydrogen-bond acceptors (Lipinski definition) is 2. The Morgan fingerprint density at radius 2 is 2.36 bits per heavy atom. The number of nitrogens with two attached hydrogens (primary N) is 1. The summed E-state index contributed by atoms with van der Waals surface area (Å²) < 4.78 is 13.6. The zero-order valence-corrected chi connectivity index (χ0v) is 7.69. The first-order valence-electron chi connectivity index (χ1n) is 4.01. The third kappa shape index (κ3) is 3.31. The fourth-order valence-corrected chi connectivity index (χ4v) is 2.00. The van der Waals surface area contributed by atoms with Crippen LogP contribution < -0.4 is 10.5 Å². The molecule has 3 atom stereocenters. The van der Waals surface area contributed by atoms with Crippen LogP contribution in [-0.2, 0) is 11.0 Å². The van der Waals surface area contributed by atoms with Gasteiger partial charge in [-0.3, -0.25) is 0 Å². The van der Waals surface area contributed by atoms with Crippen LogP contribution in [0.3, 0.4) is 0 Å². The molecule has 0 aromatic heterocycles. The van der Waals surface area contributed by atoms with E-state index in [1.54, 1.807) is 6.26 Å². The Kier molecular flexibility index (Phi) is 3.48. The molecule has 66 valence electrons. The Morgan fingerprint density at radius 3 is 2.82 bits per heavy atom.